The lowest BCUT2D eigenvalue weighted by Crippen LogP contribution is -2.44. The molecule has 7 nitrogen and oxygen atoms in total. The van der Waals surface area contributed by atoms with Crippen molar-refractivity contribution >= 4 is 23.1 Å². The maximum absolute atomic E-state index is 4.58. The fraction of sp³-hybridized carbons (Fsp3) is 0.500. The van der Waals surface area contributed by atoms with Crippen LogP contribution in [0.4, 0.5) is 23.1 Å². The van der Waals surface area contributed by atoms with E-state index in [0.717, 1.165) is 56.5 Å². The number of piperazine rings is 1. The minimum Gasteiger partial charge on any atom is -0.369 e. The van der Waals surface area contributed by atoms with Crippen LogP contribution in [0.2, 0.25) is 0 Å². The first-order chi connectivity index (χ1) is 13.0. The van der Waals surface area contributed by atoms with Crippen molar-refractivity contribution in [1.82, 2.24) is 19.8 Å². The minimum absolute atomic E-state index is 0.661. The Morgan fingerprint density at radius 2 is 1.74 bits per heavy atom. The number of aromatic nitrogens is 2. The summed E-state index contributed by atoms with van der Waals surface area (Å²) in [5.41, 5.74) is 3.25. The highest BCUT2D eigenvalue weighted by Gasteiger charge is 2.14. The number of nitrogens with one attached hydrogen (secondary N) is 2. The van der Waals surface area contributed by atoms with Gasteiger partial charge in [-0.05, 0) is 52.3 Å². The van der Waals surface area contributed by atoms with Crippen LogP contribution in [0.15, 0.2) is 30.3 Å². The molecule has 0 saturated carbocycles. The lowest BCUT2D eigenvalue weighted by Gasteiger charge is -2.34. The van der Waals surface area contributed by atoms with Crippen LogP contribution in [0.3, 0.4) is 0 Å². The predicted molar refractivity (Wildman–Crippen MR) is 113 cm³/mol. The lowest BCUT2D eigenvalue weighted by molar-refractivity contribution is 0.313. The van der Waals surface area contributed by atoms with Crippen LogP contribution < -0.4 is 15.5 Å². The van der Waals surface area contributed by atoms with Crippen molar-refractivity contribution in [3.63, 3.8) is 0 Å². The second-order valence-corrected chi connectivity index (χ2v) is 7.41. The van der Waals surface area contributed by atoms with Crippen molar-refractivity contribution in [3.8, 4) is 0 Å². The zero-order valence-electron chi connectivity index (χ0n) is 16.9. The third-order valence-corrected chi connectivity index (χ3v) is 4.70. The molecule has 2 heterocycles. The molecule has 1 aromatic carbocycles. The molecule has 2 aromatic rings. The second kappa shape index (κ2) is 9.01. The van der Waals surface area contributed by atoms with Crippen LogP contribution in [0.5, 0.6) is 0 Å². The van der Waals surface area contributed by atoms with Gasteiger partial charge in [0.1, 0.15) is 5.82 Å². The summed E-state index contributed by atoms with van der Waals surface area (Å²) in [6, 6.07) is 10.6. The molecule has 2 N–H and O–H groups in total. The number of aryl methyl sites for hydroxylation is 1. The van der Waals surface area contributed by atoms with Gasteiger partial charge in [-0.25, -0.2) is 4.98 Å². The SMILES string of the molecule is Cc1cc(Nc2ccc(N3CCN(C)CC3)cc2)nc(NCCN(C)C)n1. The summed E-state index contributed by atoms with van der Waals surface area (Å²) in [6.45, 7) is 8.13. The zero-order valence-corrected chi connectivity index (χ0v) is 16.9. The van der Waals surface area contributed by atoms with E-state index in [1.807, 2.05) is 13.0 Å². The molecule has 7 heteroatoms. The van der Waals surface area contributed by atoms with Crippen LogP contribution >= 0.6 is 0 Å². The van der Waals surface area contributed by atoms with E-state index in [1.165, 1.54) is 5.69 Å². The van der Waals surface area contributed by atoms with Crippen molar-refractivity contribution in [2.24, 2.45) is 0 Å². The second-order valence-electron chi connectivity index (χ2n) is 7.41. The molecule has 0 amide bonds. The Hall–Kier alpha value is -2.38. The molecule has 0 spiro atoms. The summed E-state index contributed by atoms with van der Waals surface area (Å²) < 4.78 is 0. The van der Waals surface area contributed by atoms with Gasteiger partial charge in [0.05, 0.1) is 0 Å². The third-order valence-electron chi connectivity index (χ3n) is 4.70. The third kappa shape index (κ3) is 5.80. The fourth-order valence-corrected chi connectivity index (χ4v) is 3.07. The first-order valence-electron chi connectivity index (χ1n) is 9.54. The van der Waals surface area contributed by atoms with Gasteiger partial charge in [0.2, 0.25) is 5.95 Å². The van der Waals surface area contributed by atoms with E-state index in [-0.39, 0.29) is 0 Å². The first kappa shape index (κ1) is 19.4. The molecule has 27 heavy (non-hydrogen) atoms. The fourth-order valence-electron chi connectivity index (χ4n) is 3.07. The number of nitrogens with zero attached hydrogens (tertiary/aromatic N) is 5. The Balaban J connectivity index is 1.62. The number of hydrogen-bond donors (Lipinski definition) is 2. The van der Waals surface area contributed by atoms with E-state index in [2.05, 4.69) is 80.7 Å². The normalized spacial score (nSPS) is 15.2. The van der Waals surface area contributed by atoms with Gasteiger partial charge in [0.15, 0.2) is 0 Å². The summed E-state index contributed by atoms with van der Waals surface area (Å²) in [5.74, 6) is 1.47. The van der Waals surface area contributed by atoms with Gasteiger partial charge in [-0.3, -0.25) is 0 Å². The summed E-state index contributed by atoms with van der Waals surface area (Å²) in [4.78, 5) is 16.0. The molecule has 0 atom stereocenters. The highest BCUT2D eigenvalue weighted by atomic mass is 15.2. The molecule has 0 unspecified atom stereocenters. The largest absolute Gasteiger partial charge is 0.369 e. The number of benzene rings is 1. The van der Waals surface area contributed by atoms with E-state index < -0.39 is 0 Å². The smallest absolute Gasteiger partial charge is 0.224 e. The maximum atomic E-state index is 4.58. The van der Waals surface area contributed by atoms with Gasteiger partial charge in [-0.2, -0.15) is 4.98 Å². The lowest BCUT2D eigenvalue weighted by atomic mass is 10.2. The van der Waals surface area contributed by atoms with E-state index in [4.69, 9.17) is 0 Å². The van der Waals surface area contributed by atoms with Gasteiger partial charge in [-0.15, -0.1) is 0 Å². The summed E-state index contributed by atoms with van der Waals surface area (Å²) in [7, 11) is 6.28. The van der Waals surface area contributed by atoms with Gasteiger partial charge in [-0.1, -0.05) is 0 Å². The molecule has 0 aliphatic carbocycles. The highest BCUT2D eigenvalue weighted by Crippen LogP contribution is 2.22. The average Bonchev–Trinajstić information content (AvgIpc) is 2.62. The molecule has 1 aliphatic heterocycles. The molecule has 1 fully saturated rings. The van der Waals surface area contributed by atoms with Crippen LogP contribution in [0, 0.1) is 6.92 Å². The van der Waals surface area contributed by atoms with Crippen molar-refractivity contribution in [2.75, 3.05) is 75.9 Å². The Labute approximate surface area is 162 Å². The van der Waals surface area contributed by atoms with Crippen LogP contribution in [0.25, 0.3) is 0 Å². The quantitative estimate of drug-likeness (QED) is 0.776. The number of rotatable bonds is 7. The van der Waals surface area contributed by atoms with Crippen molar-refractivity contribution in [3.05, 3.63) is 36.0 Å². The maximum Gasteiger partial charge on any atom is 0.224 e. The zero-order chi connectivity index (χ0) is 19.2. The molecule has 0 bridgehead atoms. The summed E-state index contributed by atoms with van der Waals surface area (Å²) >= 11 is 0. The molecular formula is C20H31N7. The Morgan fingerprint density at radius 3 is 2.41 bits per heavy atom. The van der Waals surface area contributed by atoms with Crippen LogP contribution in [-0.2, 0) is 0 Å². The summed E-state index contributed by atoms with van der Waals surface area (Å²) in [6.07, 6.45) is 0. The molecule has 1 aliphatic rings. The minimum atomic E-state index is 0.661. The topological polar surface area (TPSA) is 59.6 Å². The van der Waals surface area contributed by atoms with Crippen LogP contribution in [-0.4, -0.2) is 80.2 Å². The van der Waals surface area contributed by atoms with E-state index in [9.17, 15) is 0 Å². The number of likely N-dealkylation sites (N-methyl/N-ethyl adjacent to an activating group) is 2. The number of anilines is 4. The van der Waals surface area contributed by atoms with Crippen LogP contribution in [0.1, 0.15) is 5.69 Å². The molecule has 146 valence electrons. The van der Waals surface area contributed by atoms with Crippen molar-refractivity contribution in [2.45, 2.75) is 6.92 Å². The van der Waals surface area contributed by atoms with Crippen molar-refractivity contribution < 1.29 is 0 Å². The molecule has 1 saturated heterocycles. The predicted octanol–water partition coefficient (Wildman–Crippen LogP) is 2.25. The summed E-state index contributed by atoms with van der Waals surface area (Å²) in [5, 5.41) is 6.68. The first-order valence-corrected chi connectivity index (χ1v) is 9.54. The Morgan fingerprint density at radius 1 is 1.04 bits per heavy atom. The van der Waals surface area contributed by atoms with Gasteiger partial charge >= 0.3 is 0 Å². The highest BCUT2D eigenvalue weighted by molar-refractivity contribution is 5.61. The van der Waals surface area contributed by atoms with Gasteiger partial charge in [0.25, 0.3) is 0 Å². The average molecular weight is 370 g/mol. The Kier molecular flexibility index (Phi) is 6.47. The standard InChI is InChI=1S/C20H31N7/c1-16-15-19(24-20(22-16)21-9-10-25(2)3)23-17-5-7-18(8-6-17)27-13-11-26(4)12-14-27/h5-8,15H,9-14H2,1-4H3,(H2,21,22,23,24). The van der Waals surface area contributed by atoms with Gasteiger partial charge in [0, 0.05) is 62.4 Å². The van der Waals surface area contributed by atoms with Crippen molar-refractivity contribution in [1.29, 1.82) is 0 Å². The van der Waals surface area contributed by atoms with E-state index in [0.29, 0.717) is 5.95 Å². The monoisotopic (exact) mass is 369 g/mol. The van der Waals surface area contributed by atoms with E-state index >= 15 is 0 Å². The molecular weight excluding hydrogens is 338 g/mol. The molecule has 0 radical (unpaired) electrons. The number of hydrogen-bond acceptors (Lipinski definition) is 7. The van der Waals surface area contributed by atoms with Gasteiger partial charge < -0.3 is 25.3 Å². The molecule has 3 rings (SSSR count). The van der Waals surface area contributed by atoms with E-state index in [1.54, 1.807) is 0 Å². The molecule has 1 aromatic heterocycles. The Bertz CT molecular complexity index is 722.